The van der Waals surface area contributed by atoms with E-state index >= 15 is 0 Å². The number of carbonyl (C=O) groups is 1. The van der Waals surface area contributed by atoms with Crippen molar-refractivity contribution in [1.29, 1.82) is 0 Å². The monoisotopic (exact) mass is 349 g/mol. The van der Waals surface area contributed by atoms with Gasteiger partial charge < -0.3 is 10.8 Å². The van der Waals surface area contributed by atoms with E-state index in [1.165, 1.54) is 25.7 Å². The van der Waals surface area contributed by atoms with Crippen LogP contribution in [0.2, 0.25) is 0 Å². The SMILES string of the molecule is CCCCCC=CCC=CCC=CCC=CCCCC(=O)O.CCN. The fourth-order valence-electron chi connectivity index (χ4n) is 1.93. The molecule has 0 aromatic heterocycles. The molecule has 3 nitrogen and oxygen atoms in total. The number of aliphatic carboxylic acids is 1. The third-order valence-corrected chi connectivity index (χ3v) is 3.22. The Morgan fingerprint density at radius 1 is 0.760 bits per heavy atom. The molecule has 0 aliphatic carbocycles. The van der Waals surface area contributed by atoms with Gasteiger partial charge in [0, 0.05) is 6.42 Å². The van der Waals surface area contributed by atoms with Crippen molar-refractivity contribution in [2.45, 2.75) is 78.1 Å². The Balaban J connectivity index is 0. The van der Waals surface area contributed by atoms with E-state index in [0.29, 0.717) is 0 Å². The third kappa shape index (κ3) is 30.8. The fraction of sp³-hybridized carbons (Fsp3) is 0.591. The highest BCUT2D eigenvalue weighted by molar-refractivity contribution is 5.66. The molecule has 0 aliphatic rings. The van der Waals surface area contributed by atoms with Gasteiger partial charge in [0.05, 0.1) is 0 Å². The van der Waals surface area contributed by atoms with Crippen LogP contribution in [0.25, 0.3) is 0 Å². The van der Waals surface area contributed by atoms with Crippen molar-refractivity contribution in [3.05, 3.63) is 48.6 Å². The standard InChI is InChI=1S/C20H32O2.C2H7N/c1-2-3-4-5-6-7-8-9-10-11-12-13-14-15-16-17-18-19-20(21)22;1-2-3/h6-7,9-10,12-13,15-16H,2-5,8,11,14,17-19H2,1H3,(H,21,22);2-3H2,1H3. The number of allylic oxidation sites excluding steroid dienone is 8. The molecule has 0 saturated heterocycles. The predicted octanol–water partition coefficient (Wildman–Crippen LogP) is 6.18. The van der Waals surface area contributed by atoms with Crippen molar-refractivity contribution in [1.82, 2.24) is 0 Å². The van der Waals surface area contributed by atoms with E-state index in [1.54, 1.807) is 0 Å². The van der Waals surface area contributed by atoms with Crippen LogP contribution in [0.15, 0.2) is 48.6 Å². The van der Waals surface area contributed by atoms with Crippen molar-refractivity contribution in [2.24, 2.45) is 5.73 Å². The number of unbranched alkanes of at least 4 members (excludes halogenated alkanes) is 4. The second-order valence-corrected chi connectivity index (χ2v) is 5.78. The van der Waals surface area contributed by atoms with Crippen LogP contribution in [0.3, 0.4) is 0 Å². The molecule has 3 N–H and O–H groups in total. The van der Waals surface area contributed by atoms with E-state index in [1.807, 2.05) is 6.92 Å². The fourth-order valence-corrected chi connectivity index (χ4v) is 1.93. The highest BCUT2D eigenvalue weighted by atomic mass is 16.4. The Morgan fingerprint density at radius 2 is 1.16 bits per heavy atom. The molecule has 0 amide bonds. The van der Waals surface area contributed by atoms with Crippen molar-refractivity contribution >= 4 is 5.97 Å². The van der Waals surface area contributed by atoms with Gasteiger partial charge in [0.1, 0.15) is 0 Å². The van der Waals surface area contributed by atoms with Crippen LogP contribution in [0, 0.1) is 0 Å². The largest absolute Gasteiger partial charge is 0.481 e. The minimum absolute atomic E-state index is 0.262. The highest BCUT2D eigenvalue weighted by Crippen LogP contribution is 2.01. The molecule has 0 bridgehead atoms. The zero-order chi connectivity index (χ0) is 19.0. The Hall–Kier alpha value is -1.61. The van der Waals surface area contributed by atoms with Gasteiger partial charge in [-0.3, -0.25) is 4.79 Å². The van der Waals surface area contributed by atoms with Gasteiger partial charge in [-0.25, -0.2) is 0 Å². The van der Waals surface area contributed by atoms with E-state index in [-0.39, 0.29) is 6.42 Å². The number of hydrogen-bond acceptors (Lipinski definition) is 2. The van der Waals surface area contributed by atoms with Gasteiger partial charge in [0.15, 0.2) is 0 Å². The molecule has 0 aliphatic heterocycles. The maximum absolute atomic E-state index is 10.3. The van der Waals surface area contributed by atoms with Gasteiger partial charge in [-0.15, -0.1) is 0 Å². The van der Waals surface area contributed by atoms with Crippen molar-refractivity contribution in [3.63, 3.8) is 0 Å². The first kappa shape index (κ1) is 25.6. The van der Waals surface area contributed by atoms with Gasteiger partial charge in [-0.05, 0) is 51.5 Å². The number of hydrogen-bond donors (Lipinski definition) is 2. The lowest BCUT2D eigenvalue weighted by Crippen LogP contribution is -1.92. The van der Waals surface area contributed by atoms with Crippen LogP contribution in [-0.2, 0) is 4.79 Å². The van der Waals surface area contributed by atoms with Crippen LogP contribution < -0.4 is 5.73 Å². The normalized spacial score (nSPS) is 11.6. The zero-order valence-electron chi connectivity index (χ0n) is 16.3. The minimum Gasteiger partial charge on any atom is -0.481 e. The number of rotatable bonds is 14. The molecule has 0 radical (unpaired) electrons. The van der Waals surface area contributed by atoms with Gasteiger partial charge in [0.25, 0.3) is 0 Å². The summed E-state index contributed by atoms with van der Waals surface area (Å²) in [6, 6.07) is 0. The molecule has 0 spiro atoms. The smallest absolute Gasteiger partial charge is 0.303 e. The van der Waals surface area contributed by atoms with E-state index in [4.69, 9.17) is 10.8 Å². The van der Waals surface area contributed by atoms with Crippen LogP contribution in [0.4, 0.5) is 0 Å². The first-order valence-electron chi connectivity index (χ1n) is 9.70. The maximum atomic E-state index is 10.3. The summed E-state index contributed by atoms with van der Waals surface area (Å²) in [5.74, 6) is -0.712. The third-order valence-electron chi connectivity index (χ3n) is 3.22. The molecule has 0 fully saturated rings. The first-order valence-corrected chi connectivity index (χ1v) is 9.70. The lowest BCUT2D eigenvalue weighted by atomic mass is 10.2. The molecular weight excluding hydrogens is 310 g/mol. The van der Waals surface area contributed by atoms with E-state index in [0.717, 1.165) is 38.6 Å². The lowest BCUT2D eigenvalue weighted by Gasteiger charge is -1.90. The molecule has 25 heavy (non-hydrogen) atoms. The molecule has 0 aromatic rings. The molecular formula is C22H39NO2. The van der Waals surface area contributed by atoms with Crippen LogP contribution in [0.5, 0.6) is 0 Å². The molecule has 0 saturated carbocycles. The topological polar surface area (TPSA) is 63.3 Å². The summed E-state index contributed by atoms with van der Waals surface area (Å²) in [5, 5.41) is 8.49. The van der Waals surface area contributed by atoms with Gasteiger partial charge in [-0.2, -0.15) is 0 Å². The zero-order valence-corrected chi connectivity index (χ0v) is 16.3. The van der Waals surface area contributed by atoms with Crippen molar-refractivity contribution in [3.8, 4) is 0 Å². The molecule has 3 heteroatoms. The predicted molar refractivity (Wildman–Crippen MR) is 111 cm³/mol. The second kappa shape index (κ2) is 24.6. The first-order chi connectivity index (χ1) is 12.2. The van der Waals surface area contributed by atoms with E-state index in [9.17, 15) is 4.79 Å². The quantitative estimate of drug-likeness (QED) is 0.290. The summed E-state index contributed by atoms with van der Waals surface area (Å²) in [4.78, 5) is 10.3. The van der Waals surface area contributed by atoms with Crippen LogP contribution >= 0.6 is 0 Å². The highest BCUT2D eigenvalue weighted by Gasteiger charge is 1.92. The number of carboxylic acid groups (broad SMARTS) is 1. The Labute approximate surface area is 155 Å². The summed E-state index contributed by atoms with van der Waals surface area (Å²) in [6.45, 7) is 4.88. The van der Waals surface area contributed by atoms with Gasteiger partial charge in [-0.1, -0.05) is 75.3 Å². The molecule has 0 aromatic carbocycles. The molecule has 0 rings (SSSR count). The molecule has 0 unspecified atom stereocenters. The number of carboxylic acids is 1. The summed E-state index contributed by atoms with van der Waals surface area (Å²) in [6.07, 6.45) is 27.3. The minimum atomic E-state index is -0.712. The van der Waals surface area contributed by atoms with Crippen molar-refractivity contribution in [2.75, 3.05) is 6.54 Å². The van der Waals surface area contributed by atoms with Crippen LogP contribution in [0.1, 0.15) is 78.1 Å². The maximum Gasteiger partial charge on any atom is 0.303 e. The summed E-state index contributed by atoms with van der Waals surface area (Å²) in [7, 11) is 0. The Morgan fingerprint density at radius 3 is 1.56 bits per heavy atom. The summed E-state index contributed by atoms with van der Waals surface area (Å²) in [5.41, 5.74) is 4.85. The van der Waals surface area contributed by atoms with Crippen LogP contribution in [-0.4, -0.2) is 17.6 Å². The number of nitrogens with two attached hydrogens (primary N) is 1. The summed E-state index contributed by atoms with van der Waals surface area (Å²) >= 11 is 0. The molecule has 0 heterocycles. The Kier molecular flexibility index (Phi) is 25.3. The van der Waals surface area contributed by atoms with Gasteiger partial charge in [0.2, 0.25) is 0 Å². The van der Waals surface area contributed by atoms with E-state index < -0.39 is 5.97 Å². The lowest BCUT2D eigenvalue weighted by molar-refractivity contribution is -0.137. The summed E-state index contributed by atoms with van der Waals surface area (Å²) < 4.78 is 0. The van der Waals surface area contributed by atoms with E-state index in [2.05, 4.69) is 55.5 Å². The molecule has 0 atom stereocenters. The second-order valence-electron chi connectivity index (χ2n) is 5.78. The van der Waals surface area contributed by atoms with Gasteiger partial charge >= 0.3 is 5.97 Å². The van der Waals surface area contributed by atoms with Crippen molar-refractivity contribution < 1.29 is 9.90 Å². The average Bonchev–Trinajstić information content (AvgIpc) is 2.58. The average molecular weight is 350 g/mol. The Bertz CT molecular complexity index is 381. The molecule has 144 valence electrons.